The smallest absolute Gasteiger partial charge is 0.239 e. The number of halogens is 2. The minimum absolute atomic E-state index is 0.0474. The fourth-order valence-corrected chi connectivity index (χ4v) is 5.06. The highest BCUT2D eigenvalue weighted by Crippen LogP contribution is 2.38. The van der Waals surface area contributed by atoms with E-state index in [1.165, 1.54) is 11.3 Å². The number of piperazine rings is 1. The first-order valence-electron chi connectivity index (χ1n) is 10.4. The number of amides is 1. The molecular weight excluding hydrogens is 421 g/mol. The van der Waals surface area contributed by atoms with Crippen LogP contribution in [0.15, 0.2) is 24.5 Å². The van der Waals surface area contributed by atoms with Gasteiger partial charge in [-0.15, -0.1) is 0 Å². The predicted molar refractivity (Wildman–Crippen MR) is 120 cm³/mol. The summed E-state index contributed by atoms with van der Waals surface area (Å²) >= 11 is 12.2. The summed E-state index contributed by atoms with van der Waals surface area (Å²) in [6.45, 7) is 6.35. The van der Waals surface area contributed by atoms with Gasteiger partial charge in [-0.05, 0) is 49.8 Å². The monoisotopic (exact) mass is 447 g/mol. The molecule has 30 heavy (non-hydrogen) atoms. The zero-order valence-corrected chi connectivity index (χ0v) is 18.8. The van der Waals surface area contributed by atoms with Gasteiger partial charge in [0.25, 0.3) is 0 Å². The first-order valence-corrected chi connectivity index (χ1v) is 11.2. The second-order valence-corrected chi connectivity index (χ2v) is 9.21. The number of aromatic nitrogens is 2. The highest BCUT2D eigenvalue weighted by molar-refractivity contribution is 6.35. The fourth-order valence-electron chi connectivity index (χ4n) is 4.57. The van der Waals surface area contributed by atoms with Crippen molar-refractivity contribution in [2.45, 2.75) is 51.1 Å². The third-order valence-corrected chi connectivity index (χ3v) is 6.82. The van der Waals surface area contributed by atoms with Crippen LogP contribution in [0.3, 0.4) is 0 Å². The first kappa shape index (κ1) is 21.3. The van der Waals surface area contributed by atoms with Crippen LogP contribution in [-0.4, -0.2) is 52.5 Å². The Bertz CT molecular complexity index is 953. The van der Waals surface area contributed by atoms with Crippen molar-refractivity contribution in [2.24, 2.45) is 5.73 Å². The van der Waals surface area contributed by atoms with E-state index in [0.717, 1.165) is 30.8 Å². The summed E-state index contributed by atoms with van der Waals surface area (Å²) in [5.74, 6) is 1.45. The molecule has 2 heterocycles. The van der Waals surface area contributed by atoms with Crippen LogP contribution < -0.4 is 10.6 Å². The average Bonchev–Trinajstić information content (AvgIpc) is 3.10. The van der Waals surface area contributed by atoms with Crippen LogP contribution in [0, 0.1) is 0 Å². The average molecular weight is 448 g/mol. The Balaban J connectivity index is 1.43. The fraction of sp³-hybridized carbons (Fsp3) is 0.500. The molecule has 3 unspecified atom stereocenters. The number of nitrogens with two attached hydrogens (primary N) is 1. The number of hydrogen-bond donors (Lipinski definition) is 1. The number of fused-ring (bicyclic) bond motifs is 1. The normalized spacial score (nSPS) is 22.2. The van der Waals surface area contributed by atoms with Crippen molar-refractivity contribution in [3.05, 3.63) is 51.4 Å². The second kappa shape index (κ2) is 8.69. The predicted octanol–water partition coefficient (Wildman–Crippen LogP) is 3.44. The van der Waals surface area contributed by atoms with Crippen LogP contribution in [0.2, 0.25) is 10.0 Å². The molecule has 8 heteroatoms. The SMILES string of the molecule is CC1CCc2ncnc(N3CCN(C(=O)C(N)Cc4ccc(Cl)cc4Cl)CC3C)c21. The lowest BCUT2D eigenvalue weighted by Crippen LogP contribution is -2.57. The molecule has 2 N–H and O–H groups in total. The molecule has 160 valence electrons. The second-order valence-electron chi connectivity index (χ2n) is 8.37. The maximum atomic E-state index is 13.0. The van der Waals surface area contributed by atoms with Crippen molar-refractivity contribution in [1.82, 2.24) is 14.9 Å². The van der Waals surface area contributed by atoms with Crippen molar-refractivity contribution in [2.75, 3.05) is 24.5 Å². The van der Waals surface area contributed by atoms with Gasteiger partial charge in [0.1, 0.15) is 12.1 Å². The third-order valence-electron chi connectivity index (χ3n) is 6.24. The molecule has 1 aliphatic heterocycles. The Kier molecular flexibility index (Phi) is 6.19. The highest BCUT2D eigenvalue weighted by atomic mass is 35.5. The number of carbonyl (C=O) groups is 1. The van der Waals surface area contributed by atoms with Crippen LogP contribution in [-0.2, 0) is 17.6 Å². The molecule has 0 spiro atoms. The van der Waals surface area contributed by atoms with Gasteiger partial charge < -0.3 is 15.5 Å². The van der Waals surface area contributed by atoms with E-state index < -0.39 is 6.04 Å². The molecule has 6 nitrogen and oxygen atoms in total. The summed E-state index contributed by atoms with van der Waals surface area (Å²) in [4.78, 5) is 26.3. The lowest BCUT2D eigenvalue weighted by Gasteiger charge is -2.42. The molecule has 1 aromatic heterocycles. The maximum Gasteiger partial charge on any atom is 0.239 e. The number of rotatable bonds is 4. The van der Waals surface area contributed by atoms with Crippen LogP contribution in [0.1, 0.15) is 43.0 Å². The van der Waals surface area contributed by atoms with Crippen LogP contribution in [0.25, 0.3) is 0 Å². The molecule has 3 atom stereocenters. The standard InChI is InChI=1S/C22H27Cl2N5O/c1-13-3-6-19-20(13)21(27-12-26-19)29-8-7-28(11-14(29)2)22(30)18(25)9-15-4-5-16(23)10-17(15)24/h4-5,10,12-14,18H,3,6-9,11,25H2,1-2H3. The van der Waals surface area contributed by atoms with Gasteiger partial charge in [-0.3, -0.25) is 4.79 Å². The van der Waals surface area contributed by atoms with E-state index in [-0.39, 0.29) is 11.9 Å². The number of carbonyl (C=O) groups excluding carboxylic acids is 1. The largest absolute Gasteiger partial charge is 0.350 e. The minimum Gasteiger partial charge on any atom is -0.350 e. The molecule has 1 fully saturated rings. The van der Waals surface area contributed by atoms with Gasteiger partial charge in [0.05, 0.1) is 6.04 Å². The van der Waals surface area contributed by atoms with Gasteiger partial charge in [-0.25, -0.2) is 9.97 Å². The molecule has 2 aromatic rings. The zero-order valence-electron chi connectivity index (χ0n) is 17.3. The number of anilines is 1. The van der Waals surface area contributed by atoms with E-state index in [4.69, 9.17) is 28.9 Å². The summed E-state index contributed by atoms with van der Waals surface area (Å²) in [5, 5.41) is 1.11. The van der Waals surface area contributed by atoms with Crippen LogP contribution in [0.4, 0.5) is 5.82 Å². The summed E-state index contributed by atoms with van der Waals surface area (Å²) in [7, 11) is 0. The Morgan fingerprint density at radius 2 is 2.07 bits per heavy atom. The van der Waals surface area contributed by atoms with Gasteiger partial charge in [0.2, 0.25) is 5.91 Å². The molecule has 1 saturated heterocycles. The molecular formula is C22H27Cl2N5O. The molecule has 0 saturated carbocycles. The Labute approximate surface area is 187 Å². The molecule has 1 aromatic carbocycles. The van der Waals surface area contributed by atoms with Crippen molar-refractivity contribution < 1.29 is 4.79 Å². The van der Waals surface area contributed by atoms with E-state index in [9.17, 15) is 4.79 Å². The first-order chi connectivity index (χ1) is 14.3. The van der Waals surface area contributed by atoms with E-state index >= 15 is 0 Å². The van der Waals surface area contributed by atoms with E-state index in [2.05, 4.69) is 28.7 Å². The van der Waals surface area contributed by atoms with Gasteiger partial charge in [-0.1, -0.05) is 36.2 Å². The summed E-state index contributed by atoms with van der Waals surface area (Å²) in [5.41, 5.74) is 9.53. The van der Waals surface area contributed by atoms with E-state index in [1.807, 2.05) is 11.0 Å². The van der Waals surface area contributed by atoms with Gasteiger partial charge in [-0.2, -0.15) is 0 Å². The third kappa shape index (κ3) is 4.13. The van der Waals surface area contributed by atoms with Crippen molar-refractivity contribution in [3.63, 3.8) is 0 Å². The van der Waals surface area contributed by atoms with E-state index in [0.29, 0.717) is 35.5 Å². The number of benzene rings is 1. The quantitative estimate of drug-likeness (QED) is 0.776. The lowest BCUT2D eigenvalue weighted by molar-refractivity contribution is -0.133. The molecule has 2 aliphatic rings. The Morgan fingerprint density at radius 3 is 2.80 bits per heavy atom. The minimum atomic E-state index is -0.634. The Morgan fingerprint density at radius 1 is 1.27 bits per heavy atom. The number of aryl methyl sites for hydroxylation is 1. The molecule has 0 bridgehead atoms. The highest BCUT2D eigenvalue weighted by Gasteiger charge is 2.33. The van der Waals surface area contributed by atoms with Crippen LogP contribution >= 0.6 is 23.2 Å². The van der Waals surface area contributed by atoms with Crippen molar-refractivity contribution in [3.8, 4) is 0 Å². The number of hydrogen-bond acceptors (Lipinski definition) is 5. The number of nitrogens with zero attached hydrogens (tertiary/aromatic N) is 4. The van der Waals surface area contributed by atoms with Gasteiger partial charge in [0.15, 0.2) is 0 Å². The Hall–Kier alpha value is -1.89. The lowest BCUT2D eigenvalue weighted by atomic mass is 10.0. The van der Waals surface area contributed by atoms with E-state index in [1.54, 1.807) is 18.5 Å². The molecule has 1 aliphatic carbocycles. The zero-order chi connectivity index (χ0) is 21.4. The van der Waals surface area contributed by atoms with Crippen molar-refractivity contribution in [1.29, 1.82) is 0 Å². The summed E-state index contributed by atoms with van der Waals surface area (Å²) in [6, 6.07) is 4.79. The van der Waals surface area contributed by atoms with Gasteiger partial charge in [0, 0.05) is 47.0 Å². The molecule has 0 radical (unpaired) electrons. The van der Waals surface area contributed by atoms with Crippen LogP contribution in [0.5, 0.6) is 0 Å². The van der Waals surface area contributed by atoms with Crippen molar-refractivity contribution >= 4 is 34.9 Å². The summed E-state index contributed by atoms with van der Waals surface area (Å²) < 4.78 is 0. The molecule has 4 rings (SSSR count). The molecule has 1 amide bonds. The summed E-state index contributed by atoms with van der Waals surface area (Å²) in [6.07, 6.45) is 4.19. The maximum absolute atomic E-state index is 13.0. The topological polar surface area (TPSA) is 75.4 Å². The van der Waals surface area contributed by atoms with Gasteiger partial charge >= 0.3 is 0 Å².